The van der Waals surface area contributed by atoms with Gasteiger partial charge in [0.15, 0.2) is 0 Å². The van der Waals surface area contributed by atoms with Gasteiger partial charge in [0.2, 0.25) is 0 Å². The summed E-state index contributed by atoms with van der Waals surface area (Å²) in [4.78, 5) is 20.1. The number of pyridine rings is 1. The molecule has 3 aromatic rings. The van der Waals surface area contributed by atoms with Crippen LogP contribution >= 0.6 is 0 Å². The van der Waals surface area contributed by atoms with Crippen molar-refractivity contribution in [1.82, 2.24) is 15.2 Å². The Morgan fingerprint density at radius 1 is 1.03 bits per heavy atom. The van der Waals surface area contributed by atoms with E-state index in [1.807, 2.05) is 54.6 Å². The Hall–Kier alpha value is -2.92. The minimum absolute atomic E-state index is 0.0649. The van der Waals surface area contributed by atoms with E-state index in [0.29, 0.717) is 18.7 Å². The van der Waals surface area contributed by atoms with Crippen molar-refractivity contribution in [2.45, 2.75) is 27.2 Å². The molecular weight excluding hydrogens is 374 g/mol. The summed E-state index contributed by atoms with van der Waals surface area (Å²) in [6, 6.07) is 17.6. The zero-order valence-corrected chi connectivity index (χ0v) is 18.1. The molecule has 0 aliphatic heterocycles. The first kappa shape index (κ1) is 21.8. The van der Waals surface area contributed by atoms with Crippen LogP contribution in [0.2, 0.25) is 0 Å². The number of carbonyl (C=O) groups is 1. The second-order valence-corrected chi connectivity index (χ2v) is 7.23. The number of fused-ring (bicyclic) bond motifs is 1. The van der Waals surface area contributed by atoms with E-state index in [9.17, 15) is 4.79 Å². The SMILES string of the molecule is CCCOc1ccc(-c2cc(C(=O)NCCN(CC)CC)c3ccccc3n2)cc1. The summed E-state index contributed by atoms with van der Waals surface area (Å²) in [6.45, 7) is 10.5. The number of hydrogen-bond acceptors (Lipinski definition) is 4. The van der Waals surface area contributed by atoms with E-state index in [4.69, 9.17) is 9.72 Å². The van der Waals surface area contributed by atoms with E-state index in [1.165, 1.54) is 0 Å². The number of carbonyl (C=O) groups excluding carboxylic acids is 1. The molecule has 3 rings (SSSR count). The maximum absolute atomic E-state index is 13.0. The predicted molar refractivity (Wildman–Crippen MR) is 123 cm³/mol. The highest BCUT2D eigenvalue weighted by atomic mass is 16.5. The Balaban J connectivity index is 1.86. The number of likely N-dealkylation sites (N-methyl/N-ethyl adjacent to an activating group) is 1. The highest BCUT2D eigenvalue weighted by Gasteiger charge is 2.14. The van der Waals surface area contributed by atoms with Gasteiger partial charge in [-0.05, 0) is 55.9 Å². The minimum atomic E-state index is -0.0649. The third kappa shape index (κ3) is 5.36. The average molecular weight is 406 g/mol. The zero-order chi connectivity index (χ0) is 21.3. The molecule has 1 aromatic heterocycles. The fraction of sp³-hybridized carbons (Fsp3) is 0.360. The van der Waals surface area contributed by atoms with Gasteiger partial charge < -0.3 is 15.0 Å². The first-order valence-corrected chi connectivity index (χ1v) is 10.8. The molecule has 0 aliphatic carbocycles. The van der Waals surface area contributed by atoms with E-state index in [-0.39, 0.29) is 5.91 Å². The Kier molecular flexibility index (Phi) is 7.80. The summed E-state index contributed by atoms with van der Waals surface area (Å²) in [7, 11) is 0. The monoisotopic (exact) mass is 405 g/mol. The molecule has 0 saturated heterocycles. The van der Waals surface area contributed by atoms with Crippen molar-refractivity contribution >= 4 is 16.8 Å². The molecule has 1 heterocycles. The molecule has 5 nitrogen and oxygen atoms in total. The lowest BCUT2D eigenvalue weighted by molar-refractivity contribution is 0.0950. The number of ether oxygens (including phenoxy) is 1. The van der Waals surface area contributed by atoms with Crippen molar-refractivity contribution in [2.75, 3.05) is 32.8 Å². The van der Waals surface area contributed by atoms with Crippen LogP contribution in [0, 0.1) is 0 Å². The molecule has 5 heteroatoms. The van der Waals surface area contributed by atoms with Gasteiger partial charge in [-0.2, -0.15) is 0 Å². The molecule has 1 N–H and O–H groups in total. The molecular formula is C25H31N3O2. The van der Waals surface area contributed by atoms with Crippen LogP contribution in [0.4, 0.5) is 0 Å². The molecule has 0 fully saturated rings. The second-order valence-electron chi connectivity index (χ2n) is 7.23. The van der Waals surface area contributed by atoms with Gasteiger partial charge in [-0.3, -0.25) is 4.79 Å². The fourth-order valence-electron chi connectivity index (χ4n) is 3.42. The molecule has 0 aliphatic rings. The molecule has 0 atom stereocenters. The maximum atomic E-state index is 13.0. The predicted octanol–water partition coefficient (Wildman–Crippen LogP) is 4.76. The van der Waals surface area contributed by atoms with Crippen LogP contribution in [-0.2, 0) is 0 Å². The summed E-state index contributed by atoms with van der Waals surface area (Å²) in [5, 5.41) is 3.94. The highest BCUT2D eigenvalue weighted by molar-refractivity contribution is 6.07. The Bertz CT molecular complexity index is 966. The quantitative estimate of drug-likeness (QED) is 0.528. The van der Waals surface area contributed by atoms with Crippen molar-refractivity contribution in [3.63, 3.8) is 0 Å². The number of nitrogens with one attached hydrogen (secondary N) is 1. The molecule has 0 spiro atoms. The fourth-order valence-corrected chi connectivity index (χ4v) is 3.42. The third-order valence-electron chi connectivity index (χ3n) is 5.19. The summed E-state index contributed by atoms with van der Waals surface area (Å²) < 4.78 is 5.67. The summed E-state index contributed by atoms with van der Waals surface area (Å²) in [5.41, 5.74) is 3.21. The molecule has 30 heavy (non-hydrogen) atoms. The molecule has 1 amide bonds. The standard InChI is InChI=1S/C25H31N3O2/c1-4-17-30-20-13-11-19(12-14-20)24-18-22(21-9-7-8-10-23(21)27-24)25(29)26-15-16-28(5-2)6-3/h7-14,18H,4-6,15-17H2,1-3H3,(H,26,29). The Labute approximate surface area is 179 Å². The van der Waals surface area contributed by atoms with Crippen LogP contribution in [0.15, 0.2) is 54.6 Å². The van der Waals surface area contributed by atoms with E-state index >= 15 is 0 Å². The van der Waals surface area contributed by atoms with Gasteiger partial charge in [0.25, 0.3) is 5.91 Å². The first-order chi connectivity index (χ1) is 14.7. The van der Waals surface area contributed by atoms with Crippen LogP contribution in [0.5, 0.6) is 5.75 Å². The number of para-hydroxylation sites is 1. The first-order valence-electron chi connectivity index (χ1n) is 10.8. The van der Waals surface area contributed by atoms with Gasteiger partial charge in [0.1, 0.15) is 5.75 Å². The van der Waals surface area contributed by atoms with Gasteiger partial charge in [0.05, 0.1) is 23.4 Å². The van der Waals surface area contributed by atoms with Crippen LogP contribution in [0.1, 0.15) is 37.6 Å². The number of benzene rings is 2. The van der Waals surface area contributed by atoms with Crippen molar-refractivity contribution in [3.8, 4) is 17.0 Å². The van der Waals surface area contributed by atoms with Crippen LogP contribution in [0.3, 0.4) is 0 Å². The van der Waals surface area contributed by atoms with E-state index in [1.54, 1.807) is 0 Å². The van der Waals surface area contributed by atoms with Gasteiger partial charge in [-0.15, -0.1) is 0 Å². The van der Waals surface area contributed by atoms with Crippen molar-refractivity contribution in [2.24, 2.45) is 0 Å². The molecule has 158 valence electrons. The van der Waals surface area contributed by atoms with Crippen LogP contribution in [0.25, 0.3) is 22.2 Å². The van der Waals surface area contributed by atoms with Gasteiger partial charge in [0, 0.05) is 24.0 Å². The second kappa shape index (κ2) is 10.7. The lowest BCUT2D eigenvalue weighted by Crippen LogP contribution is -2.34. The average Bonchev–Trinajstić information content (AvgIpc) is 2.80. The minimum Gasteiger partial charge on any atom is -0.494 e. The maximum Gasteiger partial charge on any atom is 0.252 e. The van der Waals surface area contributed by atoms with E-state index < -0.39 is 0 Å². The summed E-state index contributed by atoms with van der Waals surface area (Å²) >= 11 is 0. The van der Waals surface area contributed by atoms with Gasteiger partial charge >= 0.3 is 0 Å². The molecule has 0 bridgehead atoms. The zero-order valence-electron chi connectivity index (χ0n) is 18.1. The summed E-state index contributed by atoms with van der Waals surface area (Å²) in [6.07, 6.45) is 0.973. The van der Waals surface area contributed by atoms with Crippen molar-refractivity contribution < 1.29 is 9.53 Å². The van der Waals surface area contributed by atoms with E-state index in [2.05, 4.69) is 31.0 Å². The molecule has 0 saturated carbocycles. The molecule has 0 unspecified atom stereocenters. The van der Waals surface area contributed by atoms with Gasteiger partial charge in [-0.1, -0.05) is 39.0 Å². The normalized spacial score (nSPS) is 11.1. The number of rotatable bonds is 10. The molecule has 0 radical (unpaired) electrons. The molecule has 2 aromatic carbocycles. The number of aromatic nitrogens is 1. The van der Waals surface area contributed by atoms with Crippen molar-refractivity contribution in [1.29, 1.82) is 0 Å². The summed E-state index contributed by atoms with van der Waals surface area (Å²) in [5.74, 6) is 0.778. The third-order valence-corrected chi connectivity index (χ3v) is 5.19. The Morgan fingerprint density at radius 3 is 2.47 bits per heavy atom. The lowest BCUT2D eigenvalue weighted by Gasteiger charge is -2.18. The van der Waals surface area contributed by atoms with Crippen LogP contribution in [-0.4, -0.2) is 48.6 Å². The number of amides is 1. The number of nitrogens with zero attached hydrogens (tertiary/aromatic N) is 2. The smallest absolute Gasteiger partial charge is 0.252 e. The van der Waals surface area contributed by atoms with Crippen molar-refractivity contribution in [3.05, 3.63) is 60.2 Å². The largest absolute Gasteiger partial charge is 0.494 e. The lowest BCUT2D eigenvalue weighted by atomic mass is 10.0. The topological polar surface area (TPSA) is 54.5 Å². The van der Waals surface area contributed by atoms with Gasteiger partial charge in [-0.25, -0.2) is 4.98 Å². The number of hydrogen-bond donors (Lipinski definition) is 1. The highest BCUT2D eigenvalue weighted by Crippen LogP contribution is 2.26. The van der Waals surface area contributed by atoms with Crippen LogP contribution < -0.4 is 10.1 Å². The Morgan fingerprint density at radius 2 is 1.77 bits per heavy atom. The van der Waals surface area contributed by atoms with E-state index in [0.717, 1.165) is 54.0 Å².